The summed E-state index contributed by atoms with van der Waals surface area (Å²) in [6.07, 6.45) is 8.71. The summed E-state index contributed by atoms with van der Waals surface area (Å²) in [4.78, 5) is 12.2. The van der Waals surface area contributed by atoms with Gasteiger partial charge in [0.2, 0.25) is 0 Å². The van der Waals surface area contributed by atoms with Crippen molar-refractivity contribution in [3.63, 3.8) is 0 Å². The maximum Gasteiger partial charge on any atom is 0.530 e. The Bertz CT molecular complexity index is 1560. The summed E-state index contributed by atoms with van der Waals surface area (Å²) in [5.74, 6) is 1.02. The molecule has 9 nitrogen and oxygen atoms in total. The van der Waals surface area contributed by atoms with Crippen molar-refractivity contribution in [3.8, 4) is 17.2 Å². The molecule has 0 aliphatic heterocycles. The molecule has 0 fully saturated rings. The first kappa shape index (κ1) is 41.6. The Morgan fingerprint density at radius 3 is 1.50 bits per heavy atom. The molecule has 0 heterocycles. The largest absolute Gasteiger partial charge is 0.530 e. The minimum atomic E-state index is -3.78. The normalized spacial score (nSPS) is 13.4. The molecule has 0 radical (unpaired) electrons. The van der Waals surface area contributed by atoms with Crippen molar-refractivity contribution >= 4 is 24.4 Å². The maximum atomic E-state index is 12.8. The number of sulfone groups is 1. The molecular formula is C36H33FeO9PS. The van der Waals surface area contributed by atoms with Crippen LogP contribution < -0.4 is 13.6 Å². The fraction of sp³-hybridized carbons (Fsp3) is 0.139. The Hall–Kier alpha value is -4.39. The fourth-order valence-electron chi connectivity index (χ4n) is 4.18. The van der Waals surface area contributed by atoms with E-state index in [0.717, 1.165) is 6.42 Å². The second-order valence-corrected chi connectivity index (χ2v) is 12.4. The average molecular weight is 729 g/mol. The Morgan fingerprint density at radius 2 is 1.10 bits per heavy atom. The summed E-state index contributed by atoms with van der Waals surface area (Å²) in [7, 11) is -4.15. The molecule has 0 N–H and O–H groups in total. The zero-order valence-electron chi connectivity index (χ0n) is 25.8. The van der Waals surface area contributed by atoms with Crippen LogP contribution in [0.15, 0.2) is 151 Å². The van der Waals surface area contributed by atoms with Gasteiger partial charge in [0.05, 0.1) is 12.0 Å². The molecule has 250 valence electrons. The molecule has 5 rings (SSSR count). The fourth-order valence-corrected chi connectivity index (χ4v) is 7.04. The summed E-state index contributed by atoms with van der Waals surface area (Å²) in [6, 6.07) is 36.5. The third-order valence-corrected chi connectivity index (χ3v) is 9.49. The van der Waals surface area contributed by atoms with Gasteiger partial charge in [-0.15, -0.1) is 0 Å². The standard InChI is InChI=1S/C18H15O3P.C16H18O4S.2CO.Fe/c1-4-10-16(11-5-1)19-22(20-17-12-6-2-7-13-17)21-18-14-8-3-9-15-18;1-20-16(17)15(13-9-5-2-3-6-10-13)21(18,19)14-11-7-4-8-12-14;2*1-2;/h1-15H;2-5,7-9,11-13,15H,6,10H2,1H3;;;/t;13-,15?;;;/m.0.../s1. The van der Waals surface area contributed by atoms with Crippen molar-refractivity contribution < 1.29 is 57.9 Å². The molecule has 1 aliphatic rings. The van der Waals surface area contributed by atoms with Gasteiger partial charge in [-0.2, -0.15) is 0 Å². The van der Waals surface area contributed by atoms with Gasteiger partial charge in [0.25, 0.3) is 0 Å². The van der Waals surface area contributed by atoms with E-state index < -0.39 is 35.6 Å². The molecule has 0 saturated carbocycles. The number of allylic oxidation sites excluding steroid dienone is 4. The van der Waals surface area contributed by atoms with Gasteiger partial charge in [-0.3, -0.25) is 4.79 Å². The number of benzene rings is 4. The van der Waals surface area contributed by atoms with Crippen LogP contribution in [0.3, 0.4) is 0 Å². The number of hydrogen-bond donors (Lipinski definition) is 0. The third-order valence-electron chi connectivity index (χ3n) is 6.27. The number of ether oxygens (including phenoxy) is 1. The number of methoxy groups -OCH3 is 1. The van der Waals surface area contributed by atoms with E-state index in [4.69, 9.17) is 27.6 Å². The van der Waals surface area contributed by atoms with Crippen LogP contribution in [0.2, 0.25) is 0 Å². The van der Waals surface area contributed by atoms with Crippen LogP contribution in [0.5, 0.6) is 17.2 Å². The van der Waals surface area contributed by atoms with Crippen molar-refractivity contribution in [3.05, 3.63) is 159 Å². The predicted octanol–water partition coefficient (Wildman–Crippen LogP) is 7.90. The van der Waals surface area contributed by atoms with E-state index in [2.05, 4.69) is 13.3 Å². The van der Waals surface area contributed by atoms with Gasteiger partial charge in [-0.05, 0) is 61.4 Å². The molecule has 0 bridgehead atoms. The first-order chi connectivity index (χ1) is 23.0. The summed E-state index contributed by atoms with van der Waals surface area (Å²) in [5.41, 5.74) is 0. The van der Waals surface area contributed by atoms with Crippen LogP contribution in [0.25, 0.3) is 0 Å². The van der Waals surface area contributed by atoms with Crippen molar-refractivity contribution in [2.24, 2.45) is 5.92 Å². The van der Waals surface area contributed by atoms with Crippen molar-refractivity contribution in [1.29, 1.82) is 0 Å². The van der Waals surface area contributed by atoms with Crippen molar-refractivity contribution in [2.45, 2.75) is 23.0 Å². The first-order valence-electron chi connectivity index (χ1n) is 14.1. The van der Waals surface area contributed by atoms with E-state index >= 15 is 0 Å². The molecule has 0 saturated heterocycles. The van der Waals surface area contributed by atoms with E-state index in [-0.39, 0.29) is 22.0 Å². The number of para-hydroxylation sites is 3. The number of esters is 1. The second kappa shape index (κ2) is 23.9. The molecule has 48 heavy (non-hydrogen) atoms. The zero-order chi connectivity index (χ0) is 34.3. The Kier molecular flexibility index (Phi) is 20.7. The predicted molar refractivity (Wildman–Crippen MR) is 176 cm³/mol. The molecule has 12 heteroatoms. The van der Waals surface area contributed by atoms with Gasteiger partial charge in [-0.25, -0.2) is 8.42 Å². The smallest absolute Gasteiger partial charge is 0.409 e. The molecule has 0 spiro atoms. The molecule has 4 aromatic rings. The number of carbonyl (C=O) groups excluding carboxylic acids is 1. The van der Waals surface area contributed by atoms with Crippen LogP contribution >= 0.6 is 8.60 Å². The van der Waals surface area contributed by atoms with E-state index in [0.29, 0.717) is 23.7 Å². The van der Waals surface area contributed by atoms with Crippen molar-refractivity contribution in [1.82, 2.24) is 0 Å². The molecule has 0 aromatic heterocycles. The molecule has 2 atom stereocenters. The van der Waals surface area contributed by atoms with Crippen LogP contribution in [-0.2, 0) is 45.7 Å². The van der Waals surface area contributed by atoms with E-state index in [1.807, 2.05) is 103 Å². The quantitative estimate of drug-likeness (QED) is 0.0534. The van der Waals surface area contributed by atoms with Gasteiger partial charge >= 0.3 is 37.2 Å². The van der Waals surface area contributed by atoms with Gasteiger partial charge in [0.15, 0.2) is 15.1 Å². The number of hydrogen-bond acceptors (Lipinski definition) is 7. The Labute approximate surface area is 293 Å². The summed E-state index contributed by atoms with van der Waals surface area (Å²) in [5, 5.41) is -1.21. The van der Waals surface area contributed by atoms with Crippen LogP contribution in [0.4, 0.5) is 0 Å². The summed E-state index contributed by atoms with van der Waals surface area (Å²) in [6.45, 7) is 9.00. The summed E-state index contributed by atoms with van der Waals surface area (Å²) >= 11 is 0. The van der Waals surface area contributed by atoms with Gasteiger partial charge < -0.3 is 18.3 Å². The van der Waals surface area contributed by atoms with Gasteiger partial charge in [-0.1, -0.05) is 97.1 Å². The minimum absolute atomic E-state index is 0. The molecule has 0 amide bonds. The molecule has 1 aliphatic carbocycles. The van der Waals surface area contributed by atoms with Crippen LogP contribution in [0, 0.1) is 19.2 Å². The van der Waals surface area contributed by atoms with E-state index in [9.17, 15) is 13.2 Å². The maximum absolute atomic E-state index is 12.8. The van der Waals surface area contributed by atoms with Crippen LogP contribution in [-0.4, -0.2) is 26.7 Å². The summed E-state index contributed by atoms with van der Waals surface area (Å²) < 4.78 is 62.8. The van der Waals surface area contributed by atoms with Crippen LogP contribution in [0.1, 0.15) is 12.8 Å². The van der Waals surface area contributed by atoms with E-state index in [1.54, 1.807) is 30.4 Å². The number of carbonyl (C=O) groups is 1. The minimum Gasteiger partial charge on any atom is -0.409 e. The SMILES string of the molecule is COC(=O)C([C@H]1C=CC=CCC1)S(=O)(=O)c1ccccc1.[C-]#[O+].[C-]#[O+].[Fe].c1ccc(OP(Oc2ccccc2)Oc2ccccc2)cc1. The first-order valence-corrected chi connectivity index (χ1v) is 16.7. The van der Waals surface area contributed by atoms with Gasteiger partial charge in [0.1, 0.15) is 17.2 Å². The monoisotopic (exact) mass is 728 g/mol. The Balaban J connectivity index is 0.000000428. The van der Waals surface area contributed by atoms with E-state index in [1.165, 1.54) is 19.2 Å². The average Bonchev–Trinajstić information content (AvgIpc) is 3.41. The molecular weight excluding hydrogens is 695 g/mol. The topological polar surface area (TPSA) is 128 Å². The second-order valence-electron chi connectivity index (χ2n) is 9.29. The van der Waals surface area contributed by atoms with Crippen molar-refractivity contribution in [2.75, 3.05) is 7.11 Å². The zero-order valence-corrected chi connectivity index (χ0v) is 28.6. The van der Waals surface area contributed by atoms with Gasteiger partial charge in [0, 0.05) is 23.0 Å². The Morgan fingerprint density at radius 1 is 0.708 bits per heavy atom. The third kappa shape index (κ3) is 13.8. The molecule has 4 aromatic carbocycles. The molecule has 1 unspecified atom stereocenters. The number of rotatable bonds is 10.